The van der Waals surface area contributed by atoms with Gasteiger partial charge in [0.25, 0.3) is 0 Å². The molecule has 3 heterocycles. The highest BCUT2D eigenvalue weighted by molar-refractivity contribution is 6.01. The normalized spacial score (nSPS) is 19.6. The molecule has 2 aromatic carbocycles. The van der Waals surface area contributed by atoms with Gasteiger partial charge in [-0.05, 0) is 42.8 Å². The van der Waals surface area contributed by atoms with Crippen LogP contribution in [0.5, 0.6) is 0 Å². The fraction of sp³-hybridized carbons (Fsp3) is 0.385. The van der Waals surface area contributed by atoms with E-state index in [1.807, 2.05) is 0 Å². The van der Waals surface area contributed by atoms with Crippen molar-refractivity contribution < 1.29 is 37.1 Å². The molecular weight excluding hydrogens is 519 g/mol. The molecule has 1 atom stereocenters. The number of benzene rings is 2. The van der Waals surface area contributed by atoms with Crippen molar-refractivity contribution in [3.8, 4) is 0 Å². The van der Waals surface area contributed by atoms with Crippen LogP contribution < -0.4 is 20.4 Å². The van der Waals surface area contributed by atoms with Crippen molar-refractivity contribution in [3.05, 3.63) is 59.4 Å². The molecule has 10 nitrogen and oxygen atoms in total. The van der Waals surface area contributed by atoms with E-state index in [1.165, 1.54) is 34.1 Å². The number of halogens is 3. The number of anilines is 2. The van der Waals surface area contributed by atoms with Gasteiger partial charge in [-0.1, -0.05) is 0 Å². The van der Waals surface area contributed by atoms with Crippen LogP contribution >= 0.6 is 0 Å². The predicted octanol–water partition coefficient (Wildman–Crippen LogP) is 2.48. The molecule has 0 radical (unpaired) electrons. The van der Waals surface area contributed by atoms with Crippen molar-refractivity contribution >= 4 is 35.3 Å². The molecule has 3 aliphatic rings. The van der Waals surface area contributed by atoms with Crippen LogP contribution in [0, 0.1) is 17.5 Å². The van der Waals surface area contributed by atoms with Crippen molar-refractivity contribution in [1.29, 1.82) is 0 Å². The van der Waals surface area contributed by atoms with Gasteiger partial charge in [-0.15, -0.1) is 0 Å². The smallest absolute Gasteiger partial charge is 0.407 e. The van der Waals surface area contributed by atoms with Crippen LogP contribution in [0.15, 0.2) is 36.4 Å². The number of carbonyl (C=O) groups excluding carboxylic acids is 4. The van der Waals surface area contributed by atoms with Crippen molar-refractivity contribution in [2.75, 3.05) is 43.0 Å². The second-order valence-electron chi connectivity index (χ2n) is 9.82. The van der Waals surface area contributed by atoms with Gasteiger partial charge >= 0.3 is 12.1 Å². The van der Waals surface area contributed by atoms with Crippen molar-refractivity contribution in [2.45, 2.75) is 30.9 Å². The largest absolute Gasteiger partial charge is 0.442 e. The number of hydrogen-bond donors (Lipinski definition) is 2. The molecule has 2 N–H and O–H groups in total. The Morgan fingerprint density at radius 3 is 2.28 bits per heavy atom. The Hall–Kier alpha value is -4.29. The molecular formula is C26H26F3N5O5. The van der Waals surface area contributed by atoms with Gasteiger partial charge in [0, 0.05) is 43.5 Å². The first-order valence-electron chi connectivity index (χ1n) is 12.4. The maximum Gasteiger partial charge on any atom is 0.407 e. The molecule has 3 fully saturated rings. The van der Waals surface area contributed by atoms with Crippen molar-refractivity contribution in [1.82, 2.24) is 15.5 Å². The summed E-state index contributed by atoms with van der Waals surface area (Å²) in [7, 11) is 1.57. The van der Waals surface area contributed by atoms with Gasteiger partial charge in [0.05, 0.1) is 25.0 Å². The quantitative estimate of drug-likeness (QED) is 0.559. The van der Waals surface area contributed by atoms with Gasteiger partial charge < -0.3 is 19.9 Å². The average Bonchev–Trinajstić information content (AvgIpc) is 2.83. The van der Waals surface area contributed by atoms with E-state index in [-0.39, 0.29) is 49.3 Å². The van der Waals surface area contributed by atoms with E-state index in [0.29, 0.717) is 18.8 Å². The minimum absolute atomic E-state index is 0.00878. The van der Waals surface area contributed by atoms with Crippen LogP contribution in [0.25, 0.3) is 0 Å². The number of amides is 5. The number of imide groups is 1. The second-order valence-corrected chi connectivity index (χ2v) is 9.82. The van der Waals surface area contributed by atoms with Crippen LogP contribution in [0.4, 0.5) is 34.1 Å². The summed E-state index contributed by atoms with van der Waals surface area (Å²) < 4.78 is 48.0. The molecule has 2 aromatic rings. The summed E-state index contributed by atoms with van der Waals surface area (Å²) >= 11 is 0. The lowest BCUT2D eigenvalue weighted by molar-refractivity contribution is -0.134. The molecule has 0 aromatic heterocycles. The third-order valence-corrected chi connectivity index (χ3v) is 7.11. The molecule has 13 heteroatoms. The Morgan fingerprint density at radius 2 is 1.67 bits per heavy atom. The number of likely N-dealkylation sites (tertiary alicyclic amines) is 1. The number of nitrogens with one attached hydrogen (secondary N) is 2. The van der Waals surface area contributed by atoms with Crippen LogP contribution in [0.3, 0.4) is 0 Å². The van der Waals surface area contributed by atoms with Gasteiger partial charge in [-0.3, -0.25) is 19.8 Å². The Balaban J connectivity index is 1.06. The monoisotopic (exact) mass is 545 g/mol. The van der Waals surface area contributed by atoms with E-state index in [0.717, 1.165) is 12.1 Å². The minimum atomic E-state index is -1.07. The first kappa shape index (κ1) is 26.3. The first-order valence-corrected chi connectivity index (χ1v) is 12.4. The molecule has 3 saturated heterocycles. The molecule has 0 aliphatic carbocycles. The zero-order valence-electron chi connectivity index (χ0n) is 21.0. The van der Waals surface area contributed by atoms with Crippen LogP contribution in [-0.4, -0.2) is 74.2 Å². The summed E-state index contributed by atoms with van der Waals surface area (Å²) in [5.74, 6) is -4.40. The number of piperidine rings is 1. The summed E-state index contributed by atoms with van der Waals surface area (Å²) in [6.07, 6.45) is -1.09. The van der Waals surface area contributed by atoms with E-state index in [4.69, 9.17) is 4.74 Å². The number of alkyl carbamates (subject to hydrolysis) is 1. The SMILES string of the molecule is CN(C(=O)N1CC(OC(=O)NC2CN(c3cc(F)c(C4CCC(=O)NC4=O)c(F)c3)C2)C1)c1ccc(F)cc1. The molecule has 3 aliphatic heterocycles. The topological polar surface area (TPSA) is 111 Å². The van der Waals surface area contributed by atoms with E-state index >= 15 is 0 Å². The lowest BCUT2D eigenvalue weighted by Crippen LogP contribution is -2.62. The fourth-order valence-corrected chi connectivity index (χ4v) is 4.84. The van der Waals surface area contributed by atoms with E-state index in [1.54, 1.807) is 11.9 Å². The first-order chi connectivity index (χ1) is 18.6. The van der Waals surface area contributed by atoms with Crippen molar-refractivity contribution in [2.24, 2.45) is 0 Å². The molecule has 0 saturated carbocycles. The minimum Gasteiger partial charge on any atom is -0.442 e. The van der Waals surface area contributed by atoms with Crippen LogP contribution in [0.1, 0.15) is 24.3 Å². The van der Waals surface area contributed by atoms with Crippen molar-refractivity contribution in [3.63, 3.8) is 0 Å². The predicted molar refractivity (Wildman–Crippen MR) is 133 cm³/mol. The molecule has 206 valence electrons. The standard InChI is InChI=1S/C26H26F3N5O5/c1-32(16-4-2-14(27)3-5-16)26(38)34-12-18(13-34)39-25(37)30-15-10-33(11-15)17-8-20(28)23(21(29)9-17)19-6-7-22(35)31-24(19)36/h2-5,8-9,15,18-19H,6-7,10-13H2,1H3,(H,30,37)(H,31,35,36). The summed E-state index contributed by atoms with van der Waals surface area (Å²) in [4.78, 5) is 52.7. The Labute approximate surface area is 221 Å². The summed E-state index contributed by atoms with van der Waals surface area (Å²) in [6.45, 7) is 1.02. The van der Waals surface area contributed by atoms with Crippen LogP contribution in [-0.2, 0) is 14.3 Å². The highest BCUT2D eigenvalue weighted by Gasteiger charge is 2.37. The molecule has 1 unspecified atom stereocenters. The molecule has 0 bridgehead atoms. The van der Waals surface area contributed by atoms with Gasteiger partial charge in [0.1, 0.15) is 23.6 Å². The average molecular weight is 546 g/mol. The van der Waals surface area contributed by atoms with Gasteiger partial charge in [0.2, 0.25) is 11.8 Å². The lowest BCUT2D eigenvalue weighted by atomic mass is 9.89. The number of ether oxygens (including phenoxy) is 1. The number of urea groups is 1. The number of rotatable bonds is 5. The van der Waals surface area contributed by atoms with Gasteiger partial charge in [-0.2, -0.15) is 0 Å². The van der Waals surface area contributed by atoms with Gasteiger partial charge in [0.15, 0.2) is 0 Å². The summed E-state index contributed by atoms with van der Waals surface area (Å²) in [5.41, 5.74) is 0.439. The number of nitrogens with zero attached hydrogens (tertiary/aromatic N) is 3. The summed E-state index contributed by atoms with van der Waals surface area (Å²) in [5, 5.41) is 4.79. The van der Waals surface area contributed by atoms with Gasteiger partial charge in [-0.25, -0.2) is 22.8 Å². The number of hydrogen-bond acceptors (Lipinski definition) is 6. The zero-order valence-corrected chi connectivity index (χ0v) is 21.0. The highest BCUT2D eigenvalue weighted by Crippen LogP contribution is 2.33. The Morgan fingerprint density at radius 1 is 1.03 bits per heavy atom. The fourth-order valence-electron chi connectivity index (χ4n) is 4.84. The second kappa shape index (κ2) is 10.5. The summed E-state index contributed by atoms with van der Waals surface area (Å²) in [6, 6.07) is 7.17. The third kappa shape index (κ3) is 5.47. The van der Waals surface area contributed by atoms with E-state index < -0.39 is 47.4 Å². The highest BCUT2D eigenvalue weighted by atomic mass is 19.1. The maximum absolute atomic E-state index is 14.8. The number of carbonyl (C=O) groups is 4. The molecule has 0 spiro atoms. The van der Waals surface area contributed by atoms with Crippen LogP contribution in [0.2, 0.25) is 0 Å². The van der Waals surface area contributed by atoms with E-state index in [9.17, 15) is 32.3 Å². The maximum atomic E-state index is 14.8. The molecule has 5 amide bonds. The Bertz CT molecular complexity index is 1290. The molecule has 5 rings (SSSR count). The third-order valence-electron chi connectivity index (χ3n) is 7.11. The lowest BCUT2D eigenvalue weighted by Gasteiger charge is -2.43. The zero-order chi connectivity index (χ0) is 27.8. The Kier molecular flexibility index (Phi) is 7.06. The molecule has 39 heavy (non-hydrogen) atoms. The van der Waals surface area contributed by atoms with E-state index in [2.05, 4.69) is 10.6 Å².